The van der Waals surface area contributed by atoms with Crippen LogP contribution in [-0.4, -0.2) is 17.7 Å². The molecule has 140 valence electrons. The van der Waals surface area contributed by atoms with Crippen LogP contribution in [0.4, 0.5) is 0 Å². The number of carboxylic acids is 1. The first kappa shape index (κ1) is 21.5. The fourth-order valence-electron chi connectivity index (χ4n) is 2.35. The Kier molecular flexibility index (Phi) is 8.18. The van der Waals surface area contributed by atoms with Crippen molar-refractivity contribution >= 4 is 64.0 Å². The van der Waals surface area contributed by atoms with Crippen LogP contribution < -0.4 is 4.74 Å². The maximum absolute atomic E-state index is 10.5. The Balaban J connectivity index is 2.17. The van der Waals surface area contributed by atoms with Crippen molar-refractivity contribution in [3.63, 3.8) is 0 Å². The van der Waals surface area contributed by atoms with Gasteiger partial charge >= 0.3 is 5.97 Å². The zero-order valence-corrected chi connectivity index (χ0v) is 17.3. The van der Waals surface area contributed by atoms with Crippen LogP contribution >= 0.6 is 58.0 Å². The standard InChI is InChI=1S/C18H15Cl5O3/c19-11-6-5-10(8-12(11)20)16-13(21)9-14(22)18(17(16)23)26-7-3-1-2-4-15(24)25/h5-6,8-9H,1-4,7H2,(H,24,25). The normalized spacial score (nSPS) is 10.8. The predicted octanol–water partition coefficient (Wildman–Crippen LogP) is 7.64. The highest BCUT2D eigenvalue weighted by Crippen LogP contribution is 2.45. The third-order valence-electron chi connectivity index (χ3n) is 3.62. The zero-order chi connectivity index (χ0) is 19.3. The second-order valence-corrected chi connectivity index (χ2v) is 7.55. The van der Waals surface area contributed by atoms with E-state index in [0.29, 0.717) is 56.4 Å². The maximum atomic E-state index is 10.5. The van der Waals surface area contributed by atoms with Gasteiger partial charge in [0.05, 0.1) is 31.7 Å². The molecule has 0 spiro atoms. The summed E-state index contributed by atoms with van der Waals surface area (Å²) in [5.74, 6) is -0.474. The Labute approximate surface area is 176 Å². The van der Waals surface area contributed by atoms with E-state index in [9.17, 15) is 4.79 Å². The molecule has 0 heterocycles. The summed E-state index contributed by atoms with van der Waals surface area (Å²) >= 11 is 31.0. The number of aliphatic carboxylic acids is 1. The number of carbonyl (C=O) groups is 1. The summed E-state index contributed by atoms with van der Waals surface area (Å²) in [5.41, 5.74) is 1.24. The van der Waals surface area contributed by atoms with E-state index in [4.69, 9.17) is 67.8 Å². The lowest BCUT2D eigenvalue weighted by atomic mass is 10.1. The molecule has 0 bridgehead atoms. The van der Waals surface area contributed by atoms with Crippen molar-refractivity contribution in [2.24, 2.45) is 0 Å². The lowest BCUT2D eigenvalue weighted by Crippen LogP contribution is -2.01. The summed E-state index contributed by atoms with van der Waals surface area (Å²) in [6.45, 7) is 0.363. The molecule has 1 N–H and O–H groups in total. The van der Waals surface area contributed by atoms with Gasteiger partial charge in [0.1, 0.15) is 0 Å². The number of rotatable bonds is 8. The van der Waals surface area contributed by atoms with Crippen LogP contribution in [-0.2, 0) is 4.79 Å². The van der Waals surface area contributed by atoms with Crippen LogP contribution in [0.2, 0.25) is 25.1 Å². The highest BCUT2D eigenvalue weighted by molar-refractivity contribution is 6.44. The van der Waals surface area contributed by atoms with Crippen LogP contribution in [0.5, 0.6) is 5.75 Å². The Bertz CT molecular complexity index is 808. The first-order chi connectivity index (χ1) is 12.3. The molecule has 0 radical (unpaired) electrons. The van der Waals surface area contributed by atoms with E-state index in [-0.39, 0.29) is 11.4 Å². The maximum Gasteiger partial charge on any atom is 0.303 e. The molecule has 26 heavy (non-hydrogen) atoms. The summed E-state index contributed by atoms with van der Waals surface area (Å²) < 4.78 is 5.72. The summed E-state index contributed by atoms with van der Waals surface area (Å²) in [5, 5.41) is 10.4. The van der Waals surface area contributed by atoms with Crippen molar-refractivity contribution in [2.45, 2.75) is 25.7 Å². The average Bonchev–Trinajstić information content (AvgIpc) is 2.56. The van der Waals surface area contributed by atoms with Gasteiger partial charge in [-0.05, 0) is 43.0 Å². The molecule has 0 atom stereocenters. The molecule has 0 aliphatic heterocycles. The monoisotopic (exact) mass is 454 g/mol. The summed E-state index contributed by atoms with van der Waals surface area (Å²) in [4.78, 5) is 10.5. The third-order valence-corrected chi connectivity index (χ3v) is 5.30. The number of benzene rings is 2. The van der Waals surface area contributed by atoms with Crippen molar-refractivity contribution in [3.05, 3.63) is 49.4 Å². The molecule has 0 aliphatic rings. The molecule has 3 nitrogen and oxygen atoms in total. The first-order valence-electron chi connectivity index (χ1n) is 7.78. The molecule has 2 rings (SSSR count). The minimum absolute atomic E-state index is 0.143. The fourth-order valence-corrected chi connectivity index (χ4v) is 3.74. The topological polar surface area (TPSA) is 46.5 Å². The van der Waals surface area contributed by atoms with Crippen molar-refractivity contribution in [1.29, 1.82) is 0 Å². The smallest absolute Gasteiger partial charge is 0.303 e. The molecular weight excluding hydrogens is 441 g/mol. The van der Waals surface area contributed by atoms with E-state index in [2.05, 4.69) is 0 Å². The molecule has 8 heteroatoms. The van der Waals surface area contributed by atoms with E-state index in [0.717, 1.165) is 6.42 Å². The predicted molar refractivity (Wildman–Crippen MR) is 109 cm³/mol. The molecular formula is C18H15Cl5O3. The van der Waals surface area contributed by atoms with Gasteiger partial charge in [-0.1, -0.05) is 64.1 Å². The quantitative estimate of drug-likeness (QED) is 0.415. The van der Waals surface area contributed by atoms with E-state index in [1.54, 1.807) is 24.3 Å². The molecule has 0 saturated carbocycles. The molecule has 0 aromatic heterocycles. The largest absolute Gasteiger partial charge is 0.490 e. The Hall–Kier alpha value is -0.840. The van der Waals surface area contributed by atoms with Crippen molar-refractivity contribution < 1.29 is 14.6 Å². The van der Waals surface area contributed by atoms with Gasteiger partial charge in [-0.15, -0.1) is 0 Å². The van der Waals surface area contributed by atoms with Crippen molar-refractivity contribution in [1.82, 2.24) is 0 Å². The molecule has 0 amide bonds. The van der Waals surface area contributed by atoms with Gasteiger partial charge in [0.2, 0.25) is 0 Å². The molecule has 2 aromatic rings. The van der Waals surface area contributed by atoms with Gasteiger partial charge in [-0.3, -0.25) is 4.79 Å². The number of unbranched alkanes of at least 4 members (excludes halogenated alkanes) is 2. The van der Waals surface area contributed by atoms with Gasteiger partial charge in [0, 0.05) is 12.0 Å². The minimum Gasteiger partial charge on any atom is -0.490 e. The second-order valence-electron chi connectivity index (χ2n) is 5.54. The van der Waals surface area contributed by atoms with E-state index < -0.39 is 5.97 Å². The highest BCUT2D eigenvalue weighted by atomic mass is 35.5. The molecule has 2 aromatic carbocycles. The van der Waals surface area contributed by atoms with Gasteiger partial charge < -0.3 is 9.84 Å². The van der Waals surface area contributed by atoms with Crippen molar-refractivity contribution in [3.8, 4) is 16.9 Å². The molecule has 0 unspecified atom stereocenters. The van der Waals surface area contributed by atoms with Gasteiger partial charge in [0.15, 0.2) is 5.75 Å². The number of halogens is 5. The van der Waals surface area contributed by atoms with E-state index in [1.807, 2.05) is 0 Å². The van der Waals surface area contributed by atoms with Gasteiger partial charge in [-0.25, -0.2) is 0 Å². The number of carboxylic acid groups (broad SMARTS) is 1. The lowest BCUT2D eigenvalue weighted by Gasteiger charge is -2.15. The van der Waals surface area contributed by atoms with E-state index in [1.165, 1.54) is 0 Å². The zero-order valence-electron chi connectivity index (χ0n) is 13.5. The van der Waals surface area contributed by atoms with Crippen LogP contribution in [0.1, 0.15) is 25.7 Å². The number of hydrogen-bond donors (Lipinski definition) is 1. The van der Waals surface area contributed by atoms with Crippen molar-refractivity contribution in [2.75, 3.05) is 6.61 Å². The van der Waals surface area contributed by atoms with Crippen LogP contribution in [0.3, 0.4) is 0 Å². The first-order valence-corrected chi connectivity index (χ1v) is 9.67. The lowest BCUT2D eigenvalue weighted by molar-refractivity contribution is -0.137. The summed E-state index contributed by atoms with van der Waals surface area (Å²) in [7, 11) is 0. The SMILES string of the molecule is O=C(O)CCCCCOc1c(Cl)cc(Cl)c(-c2ccc(Cl)c(Cl)c2)c1Cl. The molecule has 0 fully saturated rings. The summed E-state index contributed by atoms with van der Waals surface area (Å²) in [6, 6.07) is 6.64. The second kappa shape index (κ2) is 9.91. The third kappa shape index (κ3) is 5.58. The Morgan fingerprint density at radius 3 is 2.27 bits per heavy atom. The highest BCUT2D eigenvalue weighted by Gasteiger charge is 2.18. The van der Waals surface area contributed by atoms with Crippen LogP contribution in [0.15, 0.2) is 24.3 Å². The number of hydrogen-bond acceptors (Lipinski definition) is 2. The average molecular weight is 457 g/mol. The van der Waals surface area contributed by atoms with Gasteiger partial charge in [0.25, 0.3) is 0 Å². The van der Waals surface area contributed by atoms with Gasteiger partial charge in [-0.2, -0.15) is 0 Å². The molecule has 0 aliphatic carbocycles. The fraction of sp³-hybridized carbons (Fsp3) is 0.278. The number of ether oxygens (including phenoxy) is 1. The minimum atomic E-state index is -0.805. The van der Waals surface area contributed by atoms with E-state index >= 15 is 0 Å². The Morgan fingerprint density at radius 1 is 0.885 bits per heavy atom. The summed E-state index contributed by atoms with van der Waals surface area (Å²) in [6.07, 6.45) is 2.15. The Morgan fingerprint density at radius 2 is 1.62 bits per heavy atom. The molecule has 0 saturated heterocycles. The van der Waals surface area contributed by atoms with Crippen LogP contribution in [0, 0.1) is 0 Å². The van der Waals surface area contributed by atoms with Crippen LogP contribution in [0.25, 0.3) is 11.1 Å².